The summed E-state index contributed by atoms with van der Waals surface area (Å²) >= 11 is 0. The van der Waals surface area contributed by atoms with Crippen molar-refractivity contribution in [3.63, 3.8) is 0 Å². The summed E-state index contributed by atoms with van der Waals surface area (Å²) in [6.07, 6.45) is 0.373. The van der Waals surface area contributed by atoms with Crippen LogP contribution < -0.4 is 15.8 Å². The smallest absolute Gasteiger partial charge is 0.223 e. The molecule has 0 aliphatic carbocycles. The molecule has 0 radical (unpaired) electrons. The molecule has 0 aliphatic rings. The van der Waals surface area contributed by atoms with Gasteiger partial charge in [-0.3, -0.25) is 4.79 Å². The Bertz CT molecular complexity index is 364. The van der Waals surface area contributed by atoms with Crippen LogP contribution in [0.15, 0.2) is 18.2 Å². The van der Waals surface area contributed by atoms with E-state index >= 15 is 0 Å². The molecule has 4 heteroatoms. The van der Waals surface area contributed by atoms with E-state index in [9.17, 15) is 4.79 Å². The summed E-state index contributed by atoms with van der Waals surface area (Å²) in [7, 11) is 0. The molecular formula is C12H18N2O2. The van der Waals surface area contributed by atoms with E-state index in [-0.39, 0.29) is 5.91 Å². The zero-order valence-electron chi connectivity index (χ0n) is 9.75. The van der Waals surface area contributed by atoms with E-state index in [0.29, 0.717) is 25.3 Å². The normalized spacial score (nSPS) is 9.88. The second kappa shape index (κ2) is 6.00. The number of carbonyl (C=O) groups is 1. The maximum atomic E-state index is 11.2. The molecular weight excluding hydrogens is 204 g/mol. The molecule has 16 heavy (non-hydrogen) atoms. The molecule has 1 aromatic carbocycles. The molecule has 1 aromatic rings. The molecule has 0 heterocycles. The van der Waals surface area contributed by atoms with Gasteiger partial charge in [-0.2, -0.15) is 0 Å². The topological polar surface area (TPSA) is 64.3 Å². The molecule has 0 saturated carbocycles. The molecule has 0 aliphatic heterocycles. The fourth-order valence-corrected chi connectivity index (χ4v) is 1.37. The van der Waals surface area contributed by atoms with E-state index in [1.807, 2.05) is 26.0 Å². The van der Waals surface area contributed by atoms with E-state index < -0.39 is 0 Å². The van der Waals surface area contributed by atoms with Crippen LogP contribution in [0.2, 0.25) is 0 Å². The Kier molecular flexibility index (Phi) is 4.64. The minimum absolute atomic E-state index is 0.00981. The lowest BCUT2D eigenvalue weighted by Crippen LogP contribution is -2.24. The highest BCUT2D eigenvalue weighted by Gasteiger charge is 2.02. The maximum absolute atomic E-state index is 11.2. The minimum atomic E-state index is 0.00981. The first-order chi connectivity index (χ1) is 7.63. The van der Waals surface area contributed by atoms with Crippen molar-refractivity contribution >= 4 is 11.6 Å². The third kappa shape index (κ3) is 3.81. The highest BCUT2D eigenvalue weighted by molar-refractivity contribution is 5.75. The molecule has 0 fully saturated rings. The van der Waals surface area contributed by atoms with Gasteiger partial charge in [0.15, 0.2) is 0 Å². The van der Waals surface area contributed by atoms with Crippen LogP contribution in [-0.4, -0.2) is 19.1 Å². The van der Waals surface area contributed by atoms with Gasteiger partial charge in [0, 0.05) is 12.2 Å². The lowest BCUT2D eigenvalue weighted by molar-refractivity contribution is -0.121. The number of rotatable bonds is 5. The van der Waals surface area contributed by atoms with Crippen molar-refractivity contribution in [2.24, 2.45) is 0 Å². The van der Waals surface area contributed by atoms with Gasteiger partial charge in [0.25, 0.3) is 0 Å². The summed E-state index contributed by atoms with van der Waals surface area (Å²) in [6, 6.07) is 5.46. The van der Waals surface area contributed by atoms with E-state index in [4.69, 9.17) is 10.5 Å². The Labute approximate surface area is 95.8 Å². The van der Waals surface area contributed by atoms with Gasteiger partial charge in [0.1, 0.15) is 5.75 Å². The van der Waals surface area contributed by atoms with Crippen molar-refractivity contribution in [2.75, 3.05) is 18.9 Å². The Balaban J connectivity index is 2.40. The SMILES string of the molecule is CCNC(=O)CCOc1ccc(N)cc1C. The second-order valence-electron chi connectivity index (χ2n) is 3.58. The predicted octanol–water partition coefficient (Wildman–Crippen LogP) is 1.48. The van der Waals surface area contributed by atoms with Gasteiger partial charge in [-0.05, 0) is 37.6 Å². The molecule has 0 atom stereocenters. The van der Waals surface area contributed by atoms with Crippen LogP contribution >= 0.6 is 0 Å². The molecule has 1 amide bonds. The Morgan fingerprint density at radius 3 is 2.88 bits per heavy atom. The van der Waals surface area contributed by atoms with Crippen LogP contribution in [0, 0.1) is 6.92 Å². The first kappa shape index (κ1) is 12.4. The fraction of sp³-hybridized carbons (Fsp3) is 0.417. The molecule has 4 nitrogen and oxygen atoms in total. The standard InChI is InChI=1S/C12H18N2O2/c1-3-14-12(15)6-7-16-11-5-4-10(13)8-9(11)2/h4-5,8H,3,6-7,13H2,1-2H3,(H,14,15). The van der Waals surface area contributed by atoms with Crippen molar-refractivity contribution in [1.29, 1.82) is 0 Å². The average Bonchev–Trinajstić information content (AvgIpc) is 2.22. The highest BCUT2D eigenvalue weighted by Crippen LogP contribution is 2.20. The minimum Gasteiger partial charge on any atom is -0.493 e. The molecule has 0 unspecified atom stereocenters. The van der Waals surface area contributed by atoms with Gasteiger partial charge in [-0.1, -0.05) is 0 Å². The lowest BCUT2D eigenvalue weighted by atomic mass is 10.2. The molecule has 0 bridgehead atoms. The third-order valence-electron chi connectivity index (χ3n) is 2.16. The Hall–Kier alpha value is -1.71. The third-order valence-corrected chi connectivity index (χ3v) is 2.16. The monoisotopic (exact) mass is 222 g/mol. The summed E-state index contributed by atoms with van der Waals surface area (Å²) < 4.78 is 5.49. The first-order valence-electron chi connectivity index (χ1n) is 5.39. The van der Waals surface area contributed by atoms with Crippen LogP contribution in [0.1, 0.15) is 18.9 Å². The number of hydrogen-bond acceptors (Lipinski definition) is 3. The van der Waals surface area contributed by atoms with Crippen molar-refractivity contribution in [2.45, 2.75) is 20.3 Å². The summed E-state index contributed by atoms with van der Waals surface area (Å²) in [6.45, 7) is 4.86. The fourth-order valence-electron chi connectivity index (χ4n) is 1.37. The van der Waals surface area contributed by atoms with Gasteiger partial charge in [0.05, 0.1) is 13.0 Å². The van der Waals surface area contributed by atoms with Crippen LogP contribution in [0.25, 0.3) is 0 Å². The number of nitrogen functional groups attached to an aromatic ring is 1. The van der Waals surface area contributed by atoms with E-state index in [2.05, 4.69) is 5.32 Å². The molecule has 0 saturated heterocycles. The van der Waals surface area contributed by atoms with Gasteiger partial charge in [0.2, 0.25) is 5.91 Å². The van der Waals surface area contributed by atoms with Crippen molar-refractivity contribution in [1.82, 2.24) is 5.32 Å². The number of nitrogens with two attached hydrogens (primary N) is 1. The second-order valence-corrected chi connectivity index (χ2v) is 3.58. The van der Waals surface area contributed by atoms with Gasteiger partial charge in [-0.15, -0.1) is 0 Å². The van der Waals surface area contributed by atoms with Crippen LogP contribution in [0.4, 0.5) is 5.69 Å². The summed E-state index contributed by atoms with van der Waals surface area (Å²) in [4.78, 5) is 11.2. The van der Waals surface area contributed by atoms with Crippen molar-refractivity contribution in [3.8, 4) is 5.75 Å². The summed E-state index contributed by atoms with van der Waals surface area (Å²) in [5, 5.41) is 2.72. The van der Waals surface area contributed by atoms with Crippen LogP contribution in [0.5, 0.6) is 5.75 Å². The first-order valence-corrected chi connectivity index (χ1v) is 5.39. The molecule has 3 N–H and O–H groups in total. The van der Waals surface area contributed by atoms with Gasteiger partial charge >= 0.3 is 0 Å². The number of amides is 1. The largest absolute Gasteiger partial charge is 0.493 e. The Morgan fingerprint density at radius 2 is 2.25 bits per heavy atom. The van der Waals surface area contributed by atoms with Gasteiger partial charge in [-0.25, -0.2) is 0 Å². The summed E-state index contributed by atoms with van der Waals surface area (Å²) in [5.74, 6) is 0.786. The van der Waals surface area contributed by atoms with Gasteiger partial charge < -0.3 is 15.8 Å². The molecule has 0 aromatic heterocycles. The van der Waals surface area contributed by atoms with Crippen molar-refractivity contribution in [3.05, 3.63) is 23.8 Å². The quantitative estimate of drug-likeness (QED) is 0.742. The zero-order valence-corrected chi connectivity index (χ0v) is 9.75. The van der Waals surface area contributed by atoms with Crippen molar-refractivity contribution < 1.29 is 9.53 Å². The van der Waals surface area contributed by atoms with E-state index in [1.54, 1.807) is 6.07 Å². The number of benzene rings is 1. The maximum Gasteiger partial charge on any atom is 0.223 e. The number of aryl methyl sites for hydroxylation is 1. The summed E-state index contributed by atoms with van der Waals surface area (Å²) in [5.41, 5.74) is 7.32. The average molecular weight is 222 g/mol. The molecule has 0 spiro atoms. The lowest BCUT2D eigenvalue weighted by Gasteiger charge is -2.09. The predicted molar refractivity (Wildman–Crippen MR) is 64.4 cm³/mol. The zero-order chi connectivity index (χ0) is 12.0. The Morgan fingerprint density at radius 1 is 1.50 bits per heavy atom. The molecule has 1 rings (SSSR count). The number of anilines is 1. The van der Waals surface area contributed by atoms with E-state index in [0.717, 1.165) is 11.3 Å². The van der Waals surface area contributed by atoms with Crippen LogP contribution in [-0.2, 0) is 4.79 Å². The number of nitrogens with one attached hydrogen (secondary N) is 1. The highest BCUT2D eigenvalue weighted by atomic mass is 16.5. The number of ether oxygens (including phenoxy) is 1. The number of hydrogen-bond donors (Lipinski definition) is 2. The van der Waals surface area contributed by atoms with E-state index in [1.165, 1.54) is 0 Å². The van der Waals surface area contributed by atoms with Crippen LogP contribution in [0.3, 0.4) is 0 Å². The number of carbonyl (C=O) groups excluding carboxylic acids is 1. The molecule has 88 valence electrons.